The van der Waals surface area contributed by atoms with Gasteiger partial charge in [0.15, 0.2) is 0 Å². The second-order valence-corrected chi connectivity index (χ2v) is 6.50. The van der Waals surface area contributed by atoms with E-state index in [1.165, 1.54) is 11.8 Å². The molecule has 0 saturated carbocycles. The molecule has 1 aromatic heterocycles. The number of anilines is 1. The van der Waals surface area contributed by atoms with E-state index in [9.17, 15) is 9.59 Å². The van der Waals surface area contributed by atoms with Gasteiger partial charge in [-0.05, 0) is 31.9 Å². The zero-order valence-corrected chi connectivity index (χ0v) is 12.9. The van der Waals surface area contributed by atoms with E-state index in [4.69, 9.17) is 0 Å². The Labute approximate surface area is 128 Å². The van der Waals surface area contributed by atoms with Gasteiger partial charge in [-0.3, -0.25) is 9.59 Å². The van der Waals surface area contributed by atoms with Crippen molar-refractivity contribution >= 4 is 29.3 Å². The molecule has 112 valence electrons. The number of rotatable bonds is 3. The topological polar surface area (TPSA) is 53.5 Å². The molecule has 1 saturated heterocycles. The van der Waals surface area contributed by atoms with E-state index in [0.717, 1.165) is 36.6 Å². The summed E-state index contributed by atoms with van der Waals surface area (Å²) in [7, 11) is 0. The van der Waals surface area contributed by atoms with Crippen molar-refractivity contribution in [3.05, 3.63) is 18.3 Å². The van der Waals surface area contributed by atoms with Crippen LogP contribution < -0.4 is 4.90 Å². The average molecular weight is 305 g/mol. The molecule has 3 heterocycles. The number of carbonyl (C=O) groups excluding carboxylic acids is 2. The lowest BCUT2D eigenvalue weighted by atomic mass is 10.2. The van der Waals surface area contributed by atoms with Crippen LogP contribution in [-0.2, 0) is 9.59 Å². The summed E-state index contributed by atoms with van der Waals surface area (Å²) < 4.78 is 0. The van der Waals surface area contributed by atoms with Crippen molar-refractivity contribution in [3.63, 3.8) is 0 Å². The Morgan fingerprint density at radius 2 is 2.19 bits per heavy atom. The Balaban J connectivity index is 1.77. The molecule has 0 bridgehead atoms. The maximum atomic E-state index is 12.6. The monoisotopic (exact) mass is 305 g/mol. The summed E-state index contributed by atoms with van der Waals surface area (Å²) in [5.74, 6) is 0.115. The highest BCUT2D eigenvalue weighted by Gasteiger charge is 2.35. The second kappa shape index (κ2) is 6.05. The molecule has 2 aliphatic heterocycles. The van der Waals surface area contributed by atoms with Crippen LogP contribution in [-0.4, -0.2) is 46.6 Å². The first-order valence-electron chi connectivity index (χ1n) is 7.41. The van der Waals surface area contributed by atoms with Crippen LogP contribution in [0.4, 0.5) is 5.69 Å². The third-order valence-electron chi connectivity index (χ3n) is 3.97. The molecule has 1 aromatic rings. The van der Waals surface area contributed by atoms with Crippen LogP contribution in [0.25, 0.3) is 0 Å². The number of carbonyl (C=O) groups is 2. The minimum atomic E-state index is -0.347. The largest absolute Gasteiger partial charge is 0.343 e. The van der Waals surface area contributed by atoms with Gasteiger partial charge in [0.2, 0.25) is 11.8 Å². The highest BCUT2D eigenvalue weighted by Crippen LogP contribution is 2.38. The lowest BCUT2D eigenvalue weighted by Crippen LogP contribution is -2.43. The van der Waals surface area contributed by atoms with E-state index in [-0.39, 0.29) is 23.5 Å². The zero-order chi connectivity index (χ0) is 14.8. The average Bonchev–Trinajstić information content (AvgIpc) is 3.02. The van der Waals surface area contributed by atoms with Crippen molar-refractivity contribution in [1.82, 2.24) is 9.88 Å². The predicted molar refractivity (Wildman–Crippen MR) is 82.3 cm³/mol. The molecule has 21 heavy (non-hydrogen) atoms. The van der Waals surface area contributed by atoms with Crippen molar-refractivity contribution in [2.75, 3.05) is 24.5 Å². The normalized spacial score (nSPS) is 21.6. The summed E-state index contributed by atoms with van der Waals surface area (Å²) in [5, 5.41) is 0.499. The molecular weight excluding hydrogens is 286 g/mol. The SMILES string of the molecule is CCN1C(=O)[C@@H](CC(=O)N2CCCC2)Sc2ncccc21. The molecular formula is C15H19N3O2S. The first-order chi connectivity index (χ1) is 10.2. The molecule has 5 nitrogen and oxygen atoms in total. The summed E-state index contributed by atoms with van der Waals surface area (Å²) in [6.07, 6.45) is 4.15. The molecule has 0 aliphatic carbocycles. The van der Waals surface area contributed by atoms with Crippen LogP contribution in [0, 0.1) is 0 Å². The van der Waals surface area contributed by atoms with Crippen molar-refractivity contribution in [2.45, 2.75) is 36.5 Å². The smallest absolute Gasteiger partial charge is 0.241 e. The minimum absolute atomic E-state index is 0.0237. The highest BCUT2D eigenvalue weighted by atomic mass is 32.2. The van der Waals surface area contributed by atoms with Gasteiger partial charge in [-0.1, -0.05) is 11.8 Å². The third-order valence-corrected chi connectivity index (χ3v) is 5.16. The maximum Gasteiger partial charge on any atom is 0.241 e. The molecule has 0 N–H and O–H groups in total. The summed E-state index contributed by atoms with van der Waals surface area (Å²) in [4.78, 5) is 32.8. The molecule has 6 heteroatoms. The number of likely N-dealkylation sites (tertiary alicyclic amines) is 1. The van der Waals surface area contributed by atoms with Crippen LogP contribution in [0.1, 0.15) is 26.2 Å². The Morgan fingerprint density at radius 3 is 2.90 bits per heavy atom. The fraction of sp³-hybridized carbons (Fsp3) is 0.533. The third kappa shape index (κ3) is 2.77. The van der Waals surface area contributed by atoms with Gasteiger partial charge in [-0.25, -0.2) is 4.98 Å². The molecule has 0 unspecified atom stereocenters. The van der Waals surface area contributed by atoms with Crippen LogP contribution in [0.15, 0.2) is 23.4 Å². The van der Waals surface area contributed by atoms with Gasteiger partial charge in [-0.2, -0.15) is 0 Å². The quantitative estimate of drug-likeness (QED) is 0.856. The number of hydrogen-bond acceptors (Lipinski definition) is 4. The predicted octanol–water partition coefficient (Wildman–Crippen LogP) is 1.92. The van der Waals surface area contributed by atoms with Gasteiger partial charge >= 0.3 is 0 Å². The first kappa shape index (κ1) is 14.4. The number of amides is 2. The molecule has 2 amide bonds. The van der Waals surface area contributed by atoms with Crippen molar-refractivity contribution < 1.29 is 9.59 Å². The number of aromatic nitrogens is 1. The van der Waals surface area contributed by atoms with Crippen molar-refractivity contribution in [2.24, 2.45) is 0 Å². The van der Waals surface area contributed by atoms with Crippen molar-refractivity contribution in [3.8, 4) is 0 Å². The molecule has 1 atom stereocenters. The van der Waals surface area contributed by atoms with Crippen LogP contribution in [0.5, 0.6) is 0 Å². The van der Waals surface area contributed by atoms with Crippen LogP contribution in [0.3, 0.4) is 0 Å². The molecule has 2 aliphatic rings. The van der Waals surface area contributed by atoms with E-state index in [1.54, 1.807) is 11.1 Å². The van der Waals surface area contributed by atoms with Crippen LogP contribution >= 0.6 is 11.8 Å². The van der Waals surface area contributed by atoms with E-state index in [2.05, 4.69) is 4.98 Å². The lowest BCUT2D eigenvalue weighted by molar-refractivity contribution is -0.132. The summed E-state index contributed by atoms with van der Waals surface area (Å²) in [5.41, 5.74) is 0.861. The zero-order valence-electron chi connectivity index (χ0n) is 12.1. The maximum absolute atomic E-state index is 12.6. The standard InChI is InChI=1S/C15H19N3O2S/c1-2-18-11-6-5-7-16-14(11)21-12(15(18)20)10-13(19)17-8-3-4-9-17/h5-7,12H,2-4,8-10H2,1H3/t12-/m1/s1. The Bertz CT molecular complexity index is 558. The second-order valence-electron chi connectivity index (χ2n) is 5.31. The molecule has 0 radical (unpaired) electrons. The minimum Gasteiger partial charge on any atom is -0.343 e. The Hall–Kier alpha value is -1.56. The summed E-state index contributed by atoms with van der Waals surface area (Å²) in [6.45, 7) is 4.21. The molecule has 0 aromatic carbocycles. The number of thioether (sulfide) groups is 1. The van der Waals surface area contributed by atoms with Gasteiger partial charge < -0.3 is 9.80 Å². The molecule has 1 fully saturated rings. The van der Waals surface area contributed by atoms with Gasteiger partial charge in [-0.15, -0.1) is 0 Å². The Morgan fingerprint density at radius 1 is 1.43 bits per heavy atom. The van der Waals surface area contributed by atoms with Crippen LogP contribution in [0.2, 0.25) is 0 Å². The first-order valence-corrected chi connectivity index (χ1v) is 8.29. The van der Waals surface area contributed by atoms with Crippen molar-refractivity contribution in [1.29, 1.82) is 0 Å². The van der Waals surface area contributed by atoms with E-state index in [0.29, 0.717) is 6.54 Å². The fourth-order valence-electron chi connectivity index (χ4n) is 2.87. The number of nitrogens with zero attached hydrogens (tertiary/aromatic N) is 3. The fourth-order valence-corrected chi connectivity index (χ4v) is 4.01. The van der Waals surface area contributed by atoms with Gasteiger partial charge in [0.05, 0.1) is 10.9 Å². The summed E-state index contributed by atoms with van der Waals surface area (Å²) in [6, 6.07) is 3.75. The van der Waals surface area contributed by atoms with E-state index < -0.39 is 0 Å². The highest BCUT2D eigenvalue weighted by molar-refractivity contribution is 8.00. The van der Waals surface area contributed by atoms with E-state index in [1.807, 2.05) is 24.0 Å². The van der Waals surface area contributed by atoms with Gasteiger partial charge in [0.1, 0.15) is 5.03 Å². The molecule has 0 spiro atoms. The number of hydrogen-bond donors (Lipinski definition) is 0. The number of pyridine rings is 1. The lowest BCUT2D eigenvalue weighted by Gasteiger charge is -2.32. The summed E-state index contributed by atoms with van der Waals surface area (Å²) >= 11 is 1.42. The van der Waals surface area contributed by atoms with E-state index >= 15 is 0 Å². The Kier molecular flexibility index (Phi) is 4.14. The van der Waals surface area contributed by atoms with Gasteiger partial charge in [0, 0.05) is 32.3 Å². The molecule has 3 rings (SSSR count). The van der Waals surface area contributed by atoms with Gasteiger partial charge in [0.25, 0.3) is 0 Å². The number of fused-ring (bicyclic) bond motifs is 1.